The summed E-state index contributed by atoms with van der Waals surface area (Å²) in [6.07, 6.45) is 1.65. The summed E-state index contributed by atoms with van der Waals surface area (Å²) < 4.78 is 2.35. The van der Waals surface area contributed by atoms with Gasteiger partial charge in [0, 0.05) is 25.4 Å². The fraction of sp³-hybridized carbons (Fsp3) is 0.417. The molecule has 1 aromatic heterocycles. The maximum absolute atomic E-state index is 12.9. The van der Waals surface area contributed by atoms with E-state index in [4.69, 9.17) is 4.98 Å². The molecule has 4 heteroatoms. The third kappa shape index (κ3) is 3.56. The number of para-hydroxylation sites is 2. The molecule has 1 fully saturated rings. The largest absolute Gasteiger partial charge is 0.335 e. The van der Waals surface area contributed by atoms with Gasteiger partial charge in [-0.05, 0) is 37.0 Å². The second-order valence-electron chi connectivity index (χ2n) is 8.33. The fourth-order valence-corrected chi connectivity index (χ4v) is 4.22. The molecule has 4 nitrogen and oxygen atoms in total. The summed E-state index contributed by atoms with van der Waals surface area (Å²) in [7, 11) is 0. The maximum atomic E-state index is 12.9. The van der Waals surface area contributed by atoms with Gasteiger partial charge in [0.15, 0.2) is 0 Å². The highest BCUT2D eigenvalue weighted by molar-refractivity contribution is 5.81. The number of likely N-dealkylation sites (tertiary alicyclic amines) is 1. The van der Waals surface area contributed by atoms with E-state index in [-0.39, 0.29) is 17.9 Å². The van der Waals surface area contributed by atoms with Crippen LogP contribution in [0.1, 0.15) is 57.0 Å². The van der Waals surface area contributed by atoms with Crippen LogP contribution < -0.4 is 0 Å². The van der Waals surface area contributed by atoms with Crippen molar-refractivity contribution < 1.29 is 4.79 Å². The van der Waals surface area contributed by atoms with Crippen molar-refractivity contribution in [3.05, 3.63) is 66.0 Å². The smallest absolute Gasteiger partial charge is 0.223 e. The van der Waals surface area contributed by atoms with Gasteiger partial charge < -0.3 is 9.47 Å². The number of imidazole rings is 1. The van der Waals surface area contributed by atoms with Gasteiger partial charge in [-0.25, -0.2) is 4.98 Å². The molecule has 2 aromatic carbocycles. The van der Waals surface area contributed by atoms with Crippen molar-refractivity contribution in [2.45, 2.75) is 52.1 Å². The molecule has 146 valence electrons. The molecule has 0 N–H and O–H groups in total. The predicted molar refractivity (Wildman–Crippen MR) is 113 cm³/mol. The van der Waals surface area contributed by atoms with E-state index < -0.39 is 0 Å². The minimum absolute atomic E-state index is 0.0900. The summed E-state index contributed by atoms with van der Waals surface area (Å²) in [5.74, 6) is 2.08. The number of aryl methyl sites for hydroxylation is 1. The Bertz CT molecular complexity index is 960. The van der Waals surface area contributed by atoms with Gasteiger partial charge in [-0.15, -0.1) is 0 Å². The monoisotopic (exact) mass is 375 g/mol. The van der Waals surface area contributed by atoms with E-state index in [2.05, 4.69) is 55.7 Å². The number of rotatable bonds is 6. The van der Waals surface area contributed by atoms with E-state index in [1.165, 1.54) is 11.1 Å². The minimum atomic E-state index is 0.0900. The van der Waals surface area contributed by atoms with Crippen molar-refractivity contribution in [2.75, 3.05) is 6.54 Å². The molecule has 2 heterocycles. The van der Waals surface area contributed by atoms with Crippen LogP contribution >= 0.6 is 0 Å². The van der Waals surface area contributed by atoms with Crippen LogP contribution in [0, 0.1) is 5.92 Å². The van der Waals surface area contributed by atoms with Crippen LogP contribution in [0.5, 0.6) is 0 Å². The molecular weight excluding hydrogens is 346 g/mol. The molecule has 0 saturated carbocycles. The number of fused-ring (bicyclic) bond motifs is 1. The lowest BCUT2D eigenvalue weighted by Gasteiger charge is -2.25. The lowest BCUT2D eigenvalue weighted by molar-refractivity contribution is -0.129. The Morgan fingerprint density at radius 1 is 1.04 bits per heavy atom. The van der Waals surface area contributed by atoms with Gasteiger partial charge in [0.2, 0.25) is 5.91 Å². The third-order valence-electron chi connectivity index (χ3n) is 5.89. The molecule has 4 rings (SSSR count). The first-order valence-corrected chi connectivity index (χ1v) is 10.3. The first-order valence-electron chi connectivity index (χ1n) is 10.3. The summed E-state index contributed by atoms with van der Waals surface area (Å²) in [5.41, 5.74) is 3.40. The van der Waals surface area contributed by atoms with E-state index in [1.807, 2.05) is 29.2 Å². The summed E-state index contributed by atoms with van der Waals surface area (Å²) in [5, 5.41) is 0. The van der Waals surface area contributed by atoms with Gasteiger partial charge in [-0.1, -0.05) is 56.3 Å². The number of carbonyl (C=O) groups is 1. The Morgan fingerprint density at radius 3 is 2.50 bits per heavy atom. The van der Waals surface area contributed by atoms with Gasteiger partial charge in [0.25, 0.3) is 0 Å². The van der Waals surface area contributed by atoms with Crippen molar-refractivity contribution in [1.82, 2.24) is 14.5 Å². The topological polar surface area (TPSA) is 38.1 Å². The normalized spacial score (nSPS) is 18.4. The molecule has 1 saturated heterocycles. The lowest BCUT2D eigenvalue weighted by Crippen LogP contribution is -2.28. The number of nitrogens with zero attached hydrogens (tertiary/aromatic N) is 3. The fourth-order valence-electron chi connectivity index (χ4n) is 4.22. The van der Waals surface area contributed by atoms with Gasteiger partial charge in [0.1, 0.15) is 5.82 Å². The molecule has 0 spiro atoms. The van der Waals surface area contributed by atoms with Gasteiger partial charge >= 0.3 is 0 Å². The lowest BCUT2D eigenvalue weighted by atomic mass is 10.1. The summed E-state index contributed by atoms with van der Waals surface area (Å²) in [6, 6.07) is 18.7. The molecule has 0 bridgehead atoms. The molecular formula is C24H29N3O. The van der Waals surface area contributed by atoms with Crippen LogP contribution in [-0.4, -0.2) is 26.9 Å². The van der Waals surface area contributed by atoms with E-state index in [1.54, 1.807) is 0 Å². The average molecular weight is 376 g/mol. The number of hydrogen-bond acceptors (Lipinski definition) is 2. The molecule has 1 aliphatic rings. The highest BCUT2D eigenvalue weighted by Crippen LogP contribution is 2.35. The van der Waals surface area contributed by atoms with Crippen LogP contribution in [0.25, 0.3) is 11.0 Å². The summed E-state index contributed by atoms with van der Waals surface area (Å²) >= 11 is 0. The molecule has 1 amide bonds. The number of hydrogen-bond donors (Lipinski definition) is 0. The predicted octanol–water partition coefficient (Wildman–Crippen LogP) is 5.16. The third-order valence-corrected chi connectivity index (χ3v) is 5.89. The van der Waals surface area contributed by atoms with E-state index in [0.717, 1.165) is 30.9 Å². The Morgan fingerprint density at radius 2 is 1.75 bits per heavy atom. The molecule has 0 aliphatic carbocycles. The van der Waals surface area contributed by atoms with Crippen molar-refractivity contribution in [3.8, 4) is 0 Å². The average Bonchev–Trinajstić information content (AvgIpc) is 3.27. The summed E-state index contributed by atoms with van der Waals surface area (Å²) in [6.45, 7) is 8.31. The SMILES string of the molecule is CC(C)CCn1c(C2CC(=O)N(C(C)c3ccccc3)C2)nc2ccccc21. The van der Waals surface area contributed by atoms with Crippen LogP contribution in [0.4, 0.5) is 0 Å². The molecule has 2 unspecified atom stereocenters. The molecule has 28 heavy (non-hydrogen) atoms. The molecule has 2 atom stereocenters. The number of carbonyl (C=O) groups excluding carboxylic acids is 1. The van der Waals surface area contributed by atoms with Gasteiger partial charge in [-0.3, -0.25) is 4.79 Å². The highest BCUT2D eigenvalue weighted by atomic mass is 16.2. The van der Waals surface area contributed by atoms with Gasteiger partial charge in [0.05, 0.1) is 17.1 Å². The highest BCUT2D eigenvalue weighted by Gasteiger charge is 2.36. The summed E-state index contributed by atoms with van der Waals surface area (Å²) in [4.78, 5) is 19.8. The molecule has 0 radical (unpaired) electrons. The van der Waals surface area contributed by atoms with E-state index in [9.17, 15) is 4.79 Å². The van der Waals surface area contributed by atoms with Crippen LogP contribution in [0.15, 0.2) is 54.6 Å². The van der Waals surface area contributed by atoms with Crippen LogP contribution in [0.2, 0.25) is 0 Å². The van der Waals surface area contributed by atoms with Crippen molar-refractivity contribution in [1.29, 1.82) is 0 Å². The second-order valence-corrected chi connectivity index (χ2v) is 8.33. The first kappa shape index (κ1) is 18.7. The van der Waals surface area contributed by atoms with Crippen LogP contribution in [-0.2, 0) is 11.3 Å². The Labute approximate surface area is 167 Å². The Kier molecular flexibility index (Phi) is 5.21. The Hall–Kier alpha value is -2.62. The quantitative estimate of drug-likeness (QED) is 0.597. The standard InChI is InChI=1S/C24H29N3O/c1-17(2)13-14-26-22-12-8-7-11-21(22)25-24(26)20-15-23(28)27(16-20)18(3)19-9-5-4-6-10-19/h4-12,17-18,20H,13-16H2,1-3H3. The number of amides is 1. The van der Waals surface area contributed by atoms with Crippen molar-refractivity contribution in [3.63, 3.8) is 0 Å². The van der Waals surface area contributed by atoms with E-state index in [0.29, 0.717) is 12.3 Å². The molecule has 3 aromatic rings. The van der Waals surface area contributed by atoms with Gasteiger partial charge in [-0.2, -0.15) is 0 Å². The zero-order valence-electron chi connectivity index (χ0n) is 17.0. The van der Waals surface area contributed by atoms with Crippen molar-refractivity contribution in [2.24, 2.45) is 5.92 Å². The van der Waals surface area contributed by atoms with E-state index >= 15 is 0 Å². The number of aromatic nitrogens is 2. The maximum Gasteiger partial charge on any atom is 0.223 e. The Balaban J connectivity index is 1.63. The first-order chi connectivity index (χ1) is 13.5. The minimum Gasteiger partial charge on any atom is -0.335 e. The second kappa shape index (κ2) is 7.78. The van der Waals surface area contributed by atoms with Crippen molar-refractivity contribution >= 4 is 16.9 Å². The molecule has 1 aliphatic heterocycles. The zero-order chi connectivity index (χ0) is 19.7. The van der Waals surface area contributed by atoms with Crippen LogP contribution in [0.3, 0.4) is 0 Å². The number of benzene rings is 2. The zero-order valence-corrected chi connectivity index (χ0v) is 17.0.